The van der Waals surface area contributed by atoms with Gasteiger partial charge in [0.1, 0.15) is 5.82 Å². The van der Waals surface area contributed by atoms with Crippen molar-refractivity contribution in [3.8, 4) is 0 Å². The summed E-state index contributed by atoms with van der Waals surface area (Å²) in [5, 5.41) is 5.67. The number of urea groups is 1. The lowest BCUT2D eigenvalue weighted by Crippen LogP contribution is -2.34. The number of anilines is 1. The van der Waals surface area contributed by atoms with E-state index in [0.717, 1.165) is 19.1 Å². The first-order valence-electron chi connectivity index (χ1n) is 7.01. The number of aromatic nitrogens is 1. The Bertz CT molecular complexity index is 432. The Morgan fingerprint density at radius 1 is 1.37 bits per heavy atom. The summed E-state index contributed by atoms with van der Waals surface area (Å²) in [5.74, 6) is 1.18. The summed E-state index contributed by atoms with van der Waals surface area (Å²) < 4.78 is 0. The zero-order valence-corrected chi connectivity index (χ0v) is 11.0. The first-order valence-corrected chi connectivity index (χ1v) is 7.01. The number of pyridine rings is 1. The second kappa shape index (κ2) is 5.57. The average molecular weight is 260 g/mol. The molecule has 102 valence electrons. The minimum atomic E-state index is -0.163. The van der Waals surface area contributed by atoms with Crippen molar-refractivity contribution in [3.63, 3.8) is 0 Å². The Kier molecular flexibility index (Phi) is 3.64. The Hall–Kier alpha value is -1.62. The fourth-order valence-electron chi connectivity index (χ4n) is 2.63. The summed E-state index contributed by atoms with van der Waals surface area (Å²) in [6, 6.07) is 6.14. The van der Waals surface area contributed by atoms with Crippen LogP contribution >= 0.6 is 0 Å². The van der Waals surface area contributed by atoms with E-state index in [1.807, 2.05) is 12.1 Å². The highest BCUT2D eigenvalue weighted by atomic mass is 16.2. The van der Waals surface area contributed by atoms with Crippen LogP contribution < -0.4 is 10.6 Å². The second-order valence-electron chi connectivity index (χ2n) is 5.43. The highest BCUT2D eigenvalue weighted by Gasteiger charge is 2.34. The van der Waals surface area contributed by atoms with E-state index in [0.29, 0.717) is 11.7 Å². The molecule has 0 radical (unpaired) electrons. The Balaban J connectivity index is 1.39. The number of rotatable bonds is 4. The number of nitrogens with zero attached hydrogens (tertiary/aromatic N) is 2. The van der Waals surface area contributed by atoms with E-state index in [1.54, 1.807) is 12.3 Å². The maximum atomic E-state index is 11.7. The van der Waals surface area contributed by atoms with Crippen LogP contribution in [0.5, 0.6) is 0 Å². The molecule has 0 bridgehead atoms. The van der Waals surface area contributed by atoms with E-state index in [9.17, 15) is 4.79 Å². The van der Waals surface area contributed by atoms with E-state index in [1.165, 1.54) is 25.8 Å². The fraction of sp³-hybridized carbons (Fsp3) is 0.571. The van der Waals surface area contributed by atoms with Crippen LogP contribution in [0.3, 0.4) is 0 Å². The molecule has 0 unspecified atom stereocenters. The standard InChI is InChI=1S/C14H20N4O/c19-14(17-13-3-1-2-7-15-13)16-9-11-6-8-18(10-11)12-4-5-12/h1-3,7,11-12H,4-6,8-10H2,(H2,15,16,17,19)/t11-/m1/s1. The maximum Gasteiger partial charge on any atom is 0.320 e. The monoisotopic (exact) mass is 260 g/mol. The largest absolute Gasteiger partial charge is 0.338 e. The molecular formula is C14H20N4O. The van der Waals surface area contributed by atoms with Crippen LogP contribution in [-0.4, -0.2) is 41.6 Å². The van der Waals surface area contributed by atoms with Gasteiger partial charge in [-0.05, 0) is 43.9 Å². The summed E-state index contributed by atoms with van der Waals surface area (Å²) >= 11 is 0. The second-order valence-corrected chi connectivity index (χ2v) is 5.43. The molecule has 1 atom stereocenters. The van der Waals surface area contributed by atoms with Crippen molar-refractivity contribution in [1.29, 1.82) is 0 Å². The van der Waals surface area contributed by atoms with Gasteiger partial charge in [0.05, 0.1) is 0 Å². The molecule has 2 N–H and O–H groups in total. The topological polar surface area (TPSA) is 57.3 Å². The SMILES string of the molecule is O=C(NC[C@H]1CCN(C2CC2)C1)Nc1ccccn1. The lowest BCUT2D eigenvalue weighted by atomic mass is 10.1. The van der Waals surface area contributed by atoms with Crippen LogP contribution in [0.1, 0.15) is 19.3 Å². The van der Waals surface area contributed by atoms with Crippen molar-refractivity contribution < 1.29 is 4.79 Å². The van der Waals surface area contributed by atoms with Crippen LogP contribution in [-0.2, 0) is 0 Å². The molecule has 1 aliphatic heterocycles. The van der Waals surface area contributed by atoms with E-state index in [2.05, 4.69) is 20.5 Å². The van der Waals surface area contributed by atoms with Crippen LogP contribution in [0.15, 0.2) is 24.4 Å². The molecule has 1 saturated heterocycles. The first kappa shape index (κ1) is 12.4. The number of hydrogen-bond acceptors (Lipinski definition) is 3. The van der Waals surface area contributed by atoms with Crippen LogP contribution in [0, 0.1) is 5.92 Å². The number of amides is 2. The summed E-state index contributed by atoms with van der Waals surface area (Å²) in [4.78, 5) is 18.3. The molecule has 2 heterocycles. The van der Waals surface area contributed by atoms with Crippen molar-refractivity contribution in [1.82, 2.24) is 15.2 Å². The molecule has 1 aliphatic carbocycles. The van der Waals surface area contributed by atoms with Gasteiger partial charge in [-0.2, -0.15) is 0 Å². The lowest BCUT2D eigenvalue weighted by molar-refractivity contribution is 0.249. The zero-order valence-electron chi connectivity index (χ0n) is 11.0. The summed E-state index contributed by atoms with van der Waals surface area (Å²) in [6.07, 6.45) is 5.58. The molecule has 5 nitrogen and oxygen atoms in total. The molecule has 1 saturated carbocycles. The molecule has 0 aromatic carbocycles. The predicted octanol–water partition coefficient (Wildman–Crippen LogP) is 1.69. The van der Waals surface area contributed by atoms with E-state index >= 15 is 0 Å². The quantitative estimate of drug-likeness (QED) is 0.866. The number of carbonyl (C=O) groups excluding carboxylic acids is 1. The minimum Gasteiger partial charge on any atom is -0.338 e. The van der Waals surface area contributed by atoms with E-state index in [-0.39, 0.29) is 6.03 Å². The molecule has 2 fully saturated rings. The Labute approximate surface area is 113 Å². The minimum absolute atomic E-state index is 0.163. The number of likely N-dealkylation sites (tertiary alicyclic amines) is 1. The van der Waals surface area contributed by atoms with Gasteiger partial charge in [0.2, 0.25) is 0 Å². The summed E-state index contributed by atoms with van der Waals surface area (Å²) in [5.41, 5.74) is 0. The van der Waals surface area contributed by atoms with Crippen LogP contribution in [0.25, 0.3) is 0 Å². The number of carbonyl (C=O) groups is 1. The molecule has 1 aromatic rings. The van der Waals surface area contributed by atoms with Gasteiger partial charge in [-0.3, -0.25) is 5.32 Å². The third-order valence-corrected chi connectivity index (χ3v) is 3.84. The van der Waals surface area contributed by atoms with Crippen molar-refractivity contribution >= 4 is 11.8 Å². The van der Waals surface area contributed by atoms with Gasteiger partial charge in [0, 0.05) is 25.3 Å². The fourth-order valence-corrected chi connectivity index (χ4v) is 2.63. The molecule has 2 aliphatic rings. The van der Waals surface area contributed by atoms with Gasteiger partial charge < -0.3 is 10.2 Å². The molecular weight excluding hydrogens is 240 g/mol. The smallest absolute Gasteiger partial charge is 0.320 e. The highest BCUT2D eigenvalue weighted by Crippen LogP contribution is 2.31. The normalized spacial score (nSPS) is 23.3. The van der Waals surface area contributed by atoms with Crippen LogP contribution in [0.4, 0.5) is 10.6 Å². The van der Waals surface area contributed by atoms with Crippen molar-refractivity contribution in [2.24, 2.45) is 5.92 Å². The van der Waals surface area contributed by atoms with Crippen LogP contribution in [0.2, 0.25) is 0 Å². The predicted molar refractivity (Wildman–Crippen MR) is 74.0 cm³/mol. The van der Waals surface area contributed by atoms with Gasteiger partial charge >= 0.3 is 6.03 Å². The molecule has 1 aromatic heterocycles. The molecule has 5 heteroatoms. The van der Waals surface area contributed by atoms with Gasteiger partial charge in [0.15, 0.2) is 0 Å². The number of hydrogen-bond donors (Lipinski definition) is 2. The van der Waals surface area contributed by atoms with E-state index < -0.39 is 0 Å². The first-order chi connectivity index (χ1) is 9.31. The van der Waals surface area contributed by atoms with Gasteiger partial charge in [-0.25, -0.2) is 9.78 Å². The Morgan fingerprint density at radius 2 is 2.26 bits per heavy atom. The van der Waals surface area contributed by atoms with E-state index in [4.69, 9.17) is 0 Å². The molecule has 0 spiro atoms. The van der Waals surface area contributed by atoms with Gasteiger partial charge in [-0.15, -0.1) is 0 Å². The maximum absolute atomic E-state index is 11.7. The number of nitrogens with one attached hydrogen (secondary N) is 2. The van der Waals surface area contributed by atoms with Crippen molar-refractivity contribution in [2.45, 2.75) is 25.3 Å². The third kappa shape index (κ3) is 3.44. The molecule has 3 rings (SSSR count). The summed E-state index contributed by atoms with van der Waals surface area (Å²) in [6.45, 7) is 3.08. The third-order valence-electron chi connectivity index (χ3n) is 3.84. The average Bonchev–Trinajstić information content (AvgIpc) is 3.17. The molecule has 19 heavy (non-hydrogen) atoms. The highest BCUT2D eigenvalue weighted by molar-refractivity contribution is 5.88. The Morgan fingerprint density at radius 3 is 3.00 bits per heavy atom. The summed E-state index contributed by atoms with van der Waals surface area (Å²) in [7, 11) is 0. The zero-order chi connectivity index (χ0) is 13.1. The van der Waals surface area contributed by atoms with Crippen molar-refractivity contribution in [3.05, 3.63) is 24.4 Å². The van der Waals surface area contributed by atoms with Gasteiger partial charge in [0.25, 0.3) is 0 Å². The molecule has 2 amide bonds. The lowest BCUT2D eigenvalue weighted by Gasteiger charge is -2.15. The van der Waals surface area contributed by atoms with Gasteiger partial charge in [-0.1, -0.05) is 6.07 Å². The van der Waals surface area contributed by atoms with Crippen molar-refractivity contribution in [2.75, 3.05) is 25.0 Å².